The van der Waals surface area contributed by atoms with Crippen LogP contribution in [0, 0.1) is 5.82 Å². The standard InChI is InChI=1S/C14H19FN2O/c1-2-13(11-17-9-7-16-8-10-17)18-14-5-3-12(15)4-6-14/h2-6,13,16H,1,7-11H2. The summed E-state index contributed by atoms with van der Waals surface area (Å²) in [5.74, 6) is 0.427. The van der Waals surface area contributed by atoms with Gasteiger partial charge < -0.3 is 10.1 Å². The van der Waals surface area contributed by atoms with Gasteiger partial charge in [0, 0.05) is 32.7 Å². The molecule has 1 aliphatic rings. The molecule has 1 N–H and O–H groups in total. The normalized spacial score (nSPS) is 18.3. The fraction of sp³-hybridized carbons (Fsp3) is 0.429. The molecule has 1 aromatic carbocycles. The van der Waals surface area contributed by atoms with Gasteiger partial charge in [0.25, 0.3) is 0 Å². The maximum atomic E-state index is 12.8. The summed E-state index contributed by atoms with van der Waals surface area (Å²) in [5.41, 5.74) is 0. The maximum absolute atomic E-state index is 12.8. The Bertz CT molecular complexity index is 374. The molecule has 0 aliphatic carbocycles. The Kier molecular flexibility index (Phi) is 4.73. The van der Waals surface area contributed by atoms with Gasteiger partial charge in [0.15, 0.2) is 0 Å². The molecule has 1 aliphatic heterocycles. The summed E-state index contributed by atoms with van der Waals surface area (Å²) >= 11 is 0. The largest absolute Gasteiger partial charge is 0.485 e. The van der Waals surface area contributed by atoms with Crippen molar-refractivity contribution >= 4 is 0 Å². The van der Waals surface area contributed by atoms with Crippen LogP contribution in [0.4, 0.5) is 4.39 Å². The lowest BCUT2D eigenvalue weighted by Crippen LogP contribution is -2.46. The summed E-state index contributed by atoms with van der Waals surface area (Å²) < 4.78 is 18.6. The lowest BCUT2D eigenvalue weighted by molar-refractivity contribution is 0.152. The minimum absolute atomic E-state index is 0.0615. The van der Waals surface area contributed by atoms with E-state index in [4.69, 9.17) is 4.74 Å². The number of halogens is 1. The molecule has 1 unspecified atom stereocenters. The highest BCUT2D eigenvalue weighted by Crippen LogP contribution is 2.14. The van der Waals surface area contributed by atoms with Crippen LogP contribution in [0.3, 0.4) is 0 Å². The van der Waals surface area contributed by atoms with E-state index in [9.17, 15) is 4.39 Å². The second-order valence-corrected chi connectivity index (χ2v) is 4.40. The molecule has 3 nitrogen and oxygen atoms in total. The van der Waals surface area contributed by atoms with E-state index in [1.165, 1.54) is 12.1 Å². The van der Waals surface area contributed by atoms with E-state index in [2.05, 4.69) is 16.8 Å². The zero-order valence-electron chi connectivity index (χ0n) is 10.4. The first kappa shape index (κ1) is 13.1. The van der Waals surface area contributed by atoms with E-state index >= 15 is 0 Å². The fourth-order valence-corrected chi connectivity index (χ4v) is 2.00. The highest BCUT2D eigenvalue weighted by Gasteiger charge is 2.15. The van der Waals surface area contributed by atoms with Crippen molar-refractivity contribution < 1.29 is 9.13 Å². The Hall–Kier alpha value is -1.39. The number of hydrogen-bond donors (Lipinski definition) is 1. The van der Waals surface area contributed by atoms with Gasteiger partial charge in [-0.3, -0.25) is 4.90 Å². The molecule has 0 radical (unpaired) electrons. The lowest BCUT2D eigenvalue weighted by Gasteiger charge is -2.29. The molecule has 1 saturated heterocycles. The van der Waals surface area contributed by atoms with Crippen molar-refractivity contribution in [3.8, 4) is 5.75 Å². The molecule has 0 bridgehead atoms. The molecule has 2 rings (SSSR count). The van der Waals surface area contributed by atoms with E-state index in [0.29, 0.717) is 5.75 Å². The number of rotatable bonds is 5. The van der Waals surface area contributed by atoms with E-state index in [1.807, 2.05) is 0 Å². The molecule has 1 atom stereocenters. The van der Waals surface area contributed by atoms with Crippen molar-refractivity contribution in [2.24, 2.45) is 0 Å². The third-order valence-corrected chi connectivity index (χ3v) is 3.01. The second kappa shape index (κ2) is 6.52. The van der Waals surface area contributed by atoms with Gasteiger partial charge in [-0.2, -0.15) is 0 Å². The van der Waals surface area contributed by atoms with Crippen molar-refractivity contribution in [3.63, 3.8) is 0 Å². The smallest absolute Gasteiger partial charge is 0.129 e. The Balaban J connectivity index is 1.88. The van der Waals surface area contributed by atoms with Crippen LogP contribution in [0.15, 0.2) is 36.9 Å². The highest BCUT2D eigenvalue weighted by molar-refractivity contribution is 5.22. The van der Waals surface area contributed by atoms with Gasteiger partial charge in [-0.1, -0.05) is 12.7 Å². The number of piperazine rings is 1. The Morgan fingerprint density at radius 2 is 2.00 bits per heavy atom. The number of benzene rings is 1. The lowest BCUT2D eigenvalue weighted by atomic mass is 10.2. The SMILES string of the molecule is C=CC(CN1CCNCC1)Oc1ccc(F)cc1. The van der Waals surface area contributed by atoms with Crippen LogP contribution in [0.25, 0.3) is 0 Å². The Labute approximate surface area is 107 Å². The van der Waals surface area contributed by atoms with Crippen LogP contribution in [-0.2, 0) is 0 Å². The molecule has 98 valence electrons. The van der Waals surface area contributed by atoms with Crippen LogP contribution in [-0.4, -0.2) is 43.7 Å². The monoisotopic (exact) mass is 250 g/mol. The molecular formula is C14H19FN2O. The highest BCUT2D eigenvalue weighted by atomic mass is 19.1. The number of hydrogen-bond acceptors (Lipinski definition) is 3. The van der Waals surface area contributed by atoms with Crippen LogP contribution in [0.2, 0.25) is 0 Å². The summed E-state index contributed by atoms with van der Waals surface area (Å²) in [7, 11) is 0. The van der Waals surface area contributed by atoms with Crippen LogP contribution < -0.4 is 10.1 Å². The predicted molar refractivity (Wildman–Crippen MR) is 70.3 cm³/mol. The number of nitrogens with one attached hydrogen (secondary N) is 1. The summed E-state index contributed by atoms with van der Waals surface area (Å²) in [6, 6.07) is 6.09. The van der Waals surface area contributed by atoms with Gasteiger partial charge in [-0.15, -0.1) is 0 Å². The van der Waals surface area contributed by atoms with E-state index in [-0.39, 0.29) is 11.9 Å². The molecule has 1 fully saturated rings. The van der Waals surface area contributed by atoms with Crippen molar-refractivity contribution in [3.05, 3.63) is 42.7 Å². The molecule has 4 heteroatoms. The van der Waals surface area contributed by atoms with E-state index < -0.39 is 0 Å². The average molecular weight is 250 g/mol. The quantitative estimate of drug-likeness (QED) is 0.804. The third kappa shape index (κ3) is 3.82. The molecule has 18 heavy (non-hydrogen) atoms. The van der Waals surface area contributed by atoms with Gasteiger partial charge in [0.2, 0.25) is 0 Å². The number of ether oxygens (including phenoxy) is 1. The molecule has 1 heterocycles. The Morgan fingerprint density at radius 3 is 2.61 bits per heavy atom. The first-order valence-corrected chi connectivity index (χ1v) is 6.26. The predicted octanol–water partition coefficient (Wildman–Crippen LogP) is 1.66. The first-order valence-electron chi connectivity index (χ1n) is 6.26. The van der Waals surface area contributed by atoms with E-state index in [1.54, 1.807) is 18.2 Å². The van der Waals surface area contributed by atoms with Gasteiger partial charge in [-0.05, 0) is 24.3 Å². The first-order chi connectivity index (χ1) is 8.78. The zero-order valence-corrected chi connectivity index (χ0v) is 10.4. The summed E-state index contributed by atoms with van der Waals surface area (Å²) in [4.78, 5) is 2.34. The van der Waals surface area contributed by atoms with Crippen LogP contribution >= 0.6 is 0 Å². The average Bonchev–Trinajstić information content (AvgIpc) is 2.41. The van der Waals surface area contributed by atoms with Crippen molar-refractivity contribution in [2.45, 2.75) is 6.10 Å². The number of nitrogens with zero attached hydrogens (tertiary/aromatic N) is 1. The summed E-state index contributed by atoms with van der Waals surface area (Å²) in [6.07, 6.45) is 1.74. The topological polar surface area (TPSA) is 24.5 Å². The van der Waals surface area contributed by atoms with Crippen LogP contribution in [0.1, 0.15) is 0 Å². The third-order valence-electron chi connectivity index (χ3n) is 3.01. The van der Waals surface area contributed by atoms with Crippen molar-refractivity contribution in [1.29, 1.82) is 0 Å². The van der Waals surface area contributed by atoms with Crippen molar-refractivity contribution in [2.75, 3.05) is 32.7 Å². The van der Waals surface area contributed by atoms with Gasteiger partial charge in [0.1, 0.15) is 17.7 Å². The molecule has 0 saturated carbocycles. The van der Waals surface area contributed by atoms with Crippen molar-refractivity contribution in [1.82, 2.24) is 10.2 Å². The van der Waals surface area contributed by atoms with Gasteiger partial charge in [-0.25, -0.2) is 4.39 Å². The fourth-order valence-electron chi connectivity index (χ4n) is 2.00. The van der Waals surface area contributed by atoms with Gasteiger partial charge >= 0.3 is 0 Å². The summed E-state index contributed by atoms with van der Waals surface area (Å²) in [6.45, 7) is 8.70. The van der Waals surface area contributed by atoms with Crippen LogP contribution in [0.5, 0.6) is 5.75 Å². The molecule has 0 amide bonds. The minimum Gasteiger partial charge on any atom is -0.485 e. The molecule has 0 spiro atoms. The maximum Gasteiger partial charge on any atom is 0.129 e. The Morgan fingerprint density at radius 1 is 1.33 bits per heavy atom. The molecular weight excluding hydrogens is 231 g/mol. The van der Waals surface area contributed by atoms with Gasteiger partial charge in [0.05, 0.1) is 0 Å². The zero-order chi connectivity index (χ0) is 12.8. The molecule has 1 aromatic rings. The minimum atomic E-state index is -0.250. The summed E-state index contributed by atoms with van der Waals surface area (Å²) in [5, 5.41) is 3.31. The molecule has 0 aromatic heterocycles. The second-order valence-electron chi connectivity index (χ2n) is 4.40. The van der Waals surface area contributed by atoms with E-state index in [0.717, 1.165) is 32.7 Å².